The van der Waals surface area contributed by atoms with Crippen LogP contribution in [0.5, 0.6) is 0 Å². The third-order valence-electron chi connectivity index (χ3n) is 2.50. The van der Waals surface area contributed by atoms with Crippen molar-refractivity contribution >= 4 is 29.5 Å². The summed E-state index contributed by atoms with van der Waals surface area (Å²) >= 11 is 1.19. The maximum atomic E-state index is 12.2. The van der Waals surface area contributed by atoms with Crippen LogP contribution in [0.3, 0.4) is 0 Å². The smallest absolute Gasteiger partial charge is 0.305 e. The highest BCUT2D eigenvalue weighted by molar-refractivity contribution is 8.00. The number of nitrogens with two attached hydrogens (primary N) is 1. The number of amides is 2. The van der Waals surface area contributed by atoms with E-state index in [2.05, 4.69) is 0 Å². The average molecular weight is 296 g/mol. The Hall–Kier alpha value is -2.02. The van der Waals surface area contributed by atoms with Crippen LogP contribution in [0.1, 0.15) is 16.8 Å². The maximum Gasteiger partial charge on any atom is 0.305 e. The minimum atomic E-state index is -0.957. The molecule has 0 saturated heterocycles. The van der Waals surface area contributed by atoms with E-state index < -0.39 is 11.9 Å². The zero-order chi connectivity index (χ0) is 15.1. The Morgan fingerprint density at radius 2 is 1.95 bits per heavy atom. The van der Waals surface area contributed by atoms with Crippen LogP contribution in [0.25, 0.3) is 0 Å². The van der Waals surface area contributed by atoms with E-state index in [-0.39, 0.29) is 24.6 Å². The second-order valence-electron chi connectivity index (χ2n) is 4.12. The summed E-state index contributed by atoms with van der Waals surface area (Å²) < 4.78 is 0. The Kier molecular flexibility index (Phi) is 6.05. The number of hydrogen-bond acceptors (Lipinski definition) is 4. The van der Waals surface area contributed by atoms with Gasteiger partial charge in [0.05, 0.1) is 17.7 Å². The lowest BCUT2D eigenvalue weighted by molar-refractivity contribution is -0.137. The van der Waals surface area contributed by atoms with Gasteiger partial charge in [0.2, 0.25) is 5.91 Å². The van der Waals surface area contributed by atoms with Gasteiger partial charge in [-0.05, 0) is 12.1 Å². The van der Waals surface area contributed by atoms with Gasteiger partial charge in [0, 0.05) is 18.5 Å². The van der Waals surface area contributed by atoms with Crippen molar-refractivity contribution < 1.29 is 19.5 Å². The molecule has 0 atom stereocenters. The van der Waals surface area contributed by atoms with Crippen molar-refractivity contribution in [2.75, 3.05) is 19.3 Å². The molecule has 0 spiro atoms. The van der Waals surface area contributed by atoms with E-state index in [0.717, 1.165) is 0 Å². The SMILES string of the molecule is CN(CCC(=O)O)C(=O)c1ccccc1SCC(N)=O. The normalized spacial score (nSPS) is 10.1. The summed E-state index contributed by atoms with van der Waals surface area (Å²) in [6.07, 6.45) is -0.112. The number of primary amides is 1. The largest absolute Gasteiger partial charge is 0.481 e. The van der Waals surface area contributed by atoms with Crippen LogP contribution in [-0.4, -0.2) is 47.1 Å². The summed E-state index contributed by atoms with van der Waals surface area (Å²) in [4.78, 5) is 35.5. The summed E-state index contributed by atoms with van der Waals surface area (Å²) in [5.74, 6) is -1.61. The highest BCUT2D eigenvalue weighted by Crippen LogP contribution is 2.23. The lowest BCUT2D eigenvalue weighted by Crippen LogP contribution is -2.29. The molecule has 0 fully saturated rings. The van der Waals surface area contributed by atoms with Gasteiger partial charge in [-0.15, -0.1) is 11.8 Å². The molecule has 20 heavy (non-hydrogen) atoms. The van der Waals surface area contributed by atoms with Gasteiger partial charge in [-0.2, -0.15) is 0 Å². The summed E-state index contributed by atoms with van der Waals surface area (Å²) in [5, 5.41) is 8.62. The molecule has 0 unspecified atom stereocenters. The van der Waals surface area contributed by atoms with Gasteiger partial charge in [0.1, 0.15) is 0 Å². The molecule has 0 aliphatic heterocycles. The molecule has 1 rings (SSSR count). The maximum absolute atomic E-state index is 12.2. The van der Waals surface area contributed by atoms with Crippen molar-refractivity contribution in [2.24, 2.45) is 5.73 Å². The van der Waals surface area contributed by atoms with E-state index in [1.165, 1.54) is 16.7 Å². The summed E-state index contributed by atoms with van der Waals surface area (Å²) in [6.45, 7) is 0.128. The van der Waals surface area contributed by atoms with Crippen LogP contribution < -0.4 is 5.73 Å². The predicted molar refractivity (Wildman–Crippen MR) is 75.6 cm³/mol. The van der Waals surface area contributed by atoms with Gasteiger partial charge in [-0.3, -0.25) is 14.4 Å². The van der Waals surface area contributed by atoms with Crippen LogP contribution in [0.4, 0.5) is 0 Å². The van der Waals surface area contributed by atoms with Crippen LogP contribution >= 0.6 is 11.8 Å². The van der Waals surface area contributed by atoms with Crippen molar-refractivity contribution in [1.82, 2.24) is 4.90 Å². The highest BCUT2D eigenvalue weighted by atomic mass is 32.2. The van der Waals surface area contributed by atoms with Gasteiger partial charge < -0.3 is 15.7 Å². The number of aliphatic carboxylic acids is 1. The zero-order valence-corrected chi connectivity index (χ0v) is 11.9. The van der Waals surface area contributed by atoms with Gasteiger partial charge in [-0.1, -0.05) is 12.1 Å². The molecule has 0 aliphatic carbocycles. The molecule has 108 valence electrons. The van der Waals surface area contributed by atoms with Gasteiger partial charge in [-0.25, -0.2) is 0 Å². The molecule has 0 heterocycles. The van der Waals surface area contributed by atoms with Crippen LogP contribution in [0.2, 0.25) is 0 Å². The number of carbonyl (C=O) groups excluding carboxylic acids is 2. The third kappa shape index (κ3) is 4.93. The number of hydrogen-bond donors (Lipinski definition) is 2. The molecule has 7 heteroatoms. The minimum absolute atomic E-state index is 0.0864. The lowest BCUT2D eigenvalue weighted by Gasteiger charge is -2.17. The minimum Gasteiger partial charge on any atom is -0.481 e. The van der Waals surface area contributed by atoms with Crippen molar-refractivity contribution in [2.45, 2.75) is 11.3 Å². The number of carboxylic acids is 1. The number of rotatable bonds is 7. The van der Waals surface area contributed by atoms with E-state index in [0.29, 0.717) is 10.5 Å². The highest BCUT2D eigenvalue weighted by Gasteiger charge is 2.16. The number of carbonyl (C=O) groups is 3. The van der Waals surface area contributed by atoms with Crippen molar-refractivity contribution in [1.29, 1.82) is 0 Å². The lowest BCUT2D eigenvalue weighted by atomic mass is 10.2. The second-order valence-corrected chi connectivity index (χ2v) is 5.14. The second kappa shape index (κ2) is 7.54. The molecule has 1 aromatic rings. The Morgan fingerprint density at radius 3 is 2.55 bits per heavy atom. The van der Waals surface area contributed by atoms with Crippen LogP contribution in [0.15, 0.2) is 29.2 Å². The number of benzene rings is 1. The molecule has 0 bridgehead atoms. The summed E-state index contributed by atoms with van der Waals surface area (Å²) in [5.41, 5.74) is 5.52. The van der Waals surface area contributed by atoms with Crippen molar-refractivity contribution in [3.05, 3.63) is 29.8 Å². The van der Waals surface area contributed by atoms with E-state index in [1.807, 2.05) is 0 Å². The van der Waals surface area contributed by atoms with E-state index in [1.54, 1.807) is 31.3 Å². The van der Waals surface area contributed by atoms with E-state index >= 15 is 0 Å². The third-order valence-corrected chi connectivity index (χ3v) is 3.59. The molecule has 6 nitrogen and oxygen atoms in total. The molecule has 2 amide bonds. The van der Waals surface area contributed by atoms with Gasteiger partial charge in [0.25, 0.3) is 5.91 Å². The van der Waals surface area contributed by atoms with Gasteiger partial charge >= 0.3 is 5.97 Å². The first-order valence-electron chi connectivity index (χ1n) is 5.89. The summed E-state index contributed by atoms with van der Waals surface area (Å²) in [7, 11) is 1.54. The Morgan fingerprint density at radius 1 is 1.30 bits per heavy atom. The van der Waals surface area contributed by atoms with Crippen LogP contribution in [-0.2, 0) is 9.59 Å². The predicted octanol–water partition coefficient (Wildman–Crippen LogP) is 0.811. The fraction of sp³-hybridized carbons (Fsp3) is 0.308. The number of nitrogens with zero attached hydrogens (tertiary/aromatic N) is 1. The molecule has 1 aromatic carbocycles. The van der Waals surface area contributed by atoms with Crippen molar-refractivity contribution in [3.63, 3.8) is 0 Å². The average Bonchev–Trinajstić information content (AvgIpc) is 2.41. The Balaban J connectivity index is 2.81. The van der Waals surface area contributed by atoms with Crippen LogP contribution in [0, 0.1) is 0 Å². The molecular weight excluding hydrogens is 280 g/mol. The zero-order valence-electron chi connectivity index (χ0n) is 11.0. The monoisotopic (exact) mass is 296 g/mol. The molecule has 0 aliphatic rings. The first-order chi connectivity index (χ1) is 9.41. The quantitative estimate of drug-likeness (QED) is 0.725. The fourth-order valence-electron chi connectivity index (χ4n) is 1.49. The first-order valence-corrected chi connectivity index (χ1v) is 6.87. The Bertz CT molecular complexity index is 519. The van der Waals surface area contributed by atoms with E-state index in [4.69, 9.17) is 10.8 Å². The molecule has 0 radical (unpaired) electrons. The van der Waals surface area contributed by atoms with E-state index in [9.17, 15) is 14.4 Å². The standard InChI is InChI=1S/C13H16N2O4S/c1-15(7-6-12(17)18)13(19)9-4-2-3-5-10(9)20-8-11(14)16/h2-5H,6-8H2,1H3,(H2,14,16)(H,17,18). The molecule has 0 aromatic heterocycles. The fourth-order valence-corrected chi connectivity index (χ4v) is 2.27. The van der Waals surface area contributed by atoms with Gasteiger partial charge in [0.15, 0.2) is 0 Å². The number of thioether (sulfide) groups is 1. The first kappa shape index (κ1) is 16.0. The molecule has 3 N–H and O–H groups in total. The summed E-state index contributed by atoms with van der Waals surface area (Å²) in [6, 6.07) is 6.85. The molecule has 0 saturated carbocycles. The Labute approximate surface area is 120 Å². The topological polar surface area (TPSA) is 101 Å². The molecular formula is C13H16N2O4S. The van der Waals surface area contributed by atoms with Crippen molar-refractivity contribution in [3.8, 4) is 0 Å². The number of carboxylic acid groups (broad SMARTS) is 1.